The summed E-state index contributed by atoms with van der Waals surface area (Å²) in [6.45, 7) is 5.21. The summed E-state index contributed by atoms with van der Waals surface area (Å²) >= 11 is 1.75. The van der Waals surface area contributed by atoms with Crippen LogP contribution < -0.4 is 10.2 Å². The van der Waals surface area contributed by atoms with E-state index in [4.69, 9.17) is 0 Å². The van der Waals surface area contributed by atoms with Crippen LogP contribution in [0.15, 0.2) is 24.5 Å². The van der Waals surface area contributed by atoms with Gasteiger partial charge in [-0.1, -0.05) is 6.92 Å². The Bertz CT molecular complexity index is 605. The number of anilines is 2. The van der Waals surface area contributed by atoms with Crippen molar-refractivity contribution in [2.75, 3.05) is 29.9 Å². The summed E-state index contributed by atoms with van der Waals surface area (Å²) in [6, 6.07) is 4.16. The Hall–Kier alpha value is -1.66. The first-order chi connectivity index (χ1) is 11.3. The van der Waals surface area contributed by atoms with Gasteiger partial charge in [-0.05, 0) is 37.3 Å². The van der Waals surface area contributed by atoms with Crippen LogP contribution in [0.2, 0.25) is 0 Å². The molecular formula is C17H24N4OS. The molecule has 0 aliphatic carbocycles. The molecule has 0 atom stereocenters. The molecule has 0 spiro atoms. The van der Waals surface area contributed by atoms with Crippen LogP contribution in [-0.2, 0) is 13.0 Å². The molecule has 3 heterocycles. The molecule has 2 N–H and O–H groups in total. The lowest BCUT2D eigenvalue weighted by Gasteiger charge is -2.32. The Balaban J connectivity index is 1.52. The first-order valence-electron chi connectivity index (χ1n) is 8.27. The first-order valence-corrected chi connectivity index (χ1v) is 9.09. The third-order valence-electron chi connectivity index (χ3n) is 4.33. The lowest BCUT2D eigenvalue weighted by Crippen LogP contribution is -2.34. The highest BCUT2D eigenvalue weighted by atomic mass is 32.1. The molecule has 5 nitrogen and oxygen atoms in total. The fraction of sp³-hybridized carbons (Fsp3) is 0.529. The number of aliphatic hydroxyl groups excluding tert-OH is 1. The van der Waals surface area contributed by atoms with Crippen molar-refractivity contribution in [3.05, 3.63) is 34.4 Å². The van der Waals surface area contributed by atoms with Crippen LogP contribution in [0.25, 0.3) is 0 Å². The minimum absolute atomic E-state index is 0.312. The Morgan fingerprint density at radius 2 is 2.09 bits per heavy atom. The van der Waals surface area contributed by atoms with Gasteiger partial charge in [-0.15, -0.1) is 11.3 Å². The molecule has 2 aromatic heterocycles. The van der Waals surface area contributed by atoms with Gasteiger partial charge < -0.3 is 15.3 Å². The van der Waals surface area contributed by atoms with Crippen molar-refractivity contribution in [1.29, 1.82) is 0 Å². The van der Waals surface area contributed by atoms with Gasteiger partial charge in [-0.3, -0.25) is 0 Å². The summed E-state index contributed by atoms with van der Waals surface area (Å²) in [6.07, 6.45) is 6.98. The number of aryl methyl sites for hydroxylation is 1. The maximum Gasteiger partial charge on any atom is 0.126 e. The largest absolute Gasteiger partial charge is 0.396 e. The van der Waals surface area contributed by atoms with Crippen molar-refractivity contribution in [2.24, 2.45) is 5.92 Å². The minimum atomic E-state index is 0.312. The highest BCUT2D eigenvalue weighted by Crippen LogP contribution is 2.23. The molecule has 1 fully saturated rings. The molecule has 0 amide bonds. The third-order valence-corrected chi connectivity index (χ3v) is 5.48. The van der Waals surface area contributed by atoms with Crippen LogP contribution >= 0.6 is 11.3 Å². The van der Waals surface area contributed by atoms with Crippen LogP contribution in [0.4, 0.5) is 11.5 Å². The summed E-state index contributed by atoms with van der Waals surface area (Å²) in [5, 5.41) is 13.7. The molecule has 0 aromatic carbocycles. The molecule has 0 radical (unpaired) electrons. The van der Waals surface area contributed by atoms with E-state index in [1.807, 2.05) is 18.5 Å². The summed E-state index contributed by atoms with van der Waals surface area (Å²) in [4.78, 5) is 12.5. The molecular weight excluding hydrogens is 308 g/mol. The number of aliphatic hydroxyl groups is 1. The fourth-order valence-electron chi connectivity index (χ4n) is 2.82. The van der Waals surface area contributed by atoms with Crippen molar-refractivity contribution in [3.63, 3.8) is 0 Å². The summed E-state index contributed by atoms with van der Waals surface area (Å²) in [7, 11) is 0. The predicted octanol–water partition coefficient (Wildman–Crippen LogP) is 2.92. The van der Waals surface area contributed by atoms with E-state index >= 15 is 0 Å². The average molecular weight is 332 g/mol. The van der Waals surface area contributed by atoms with E-state index < -0.39 is 0 Å². The van der Waals surface area contributed by atoms with Crippen molar-refractivity contribution in [1.82, 2.24) is 9.97 Å². The topological polar surface area (TPSA) is 61.3 Å². The van der Waals surface area contributed by atoms with Gasteiger partial charge in [0.25, 0.3) is 0 Å². The zero-order chi connectivity index (χ0) is 16.1. The quantitative estimate of drug-likeness (QED) is 0.852. The van der Waals surface area contributed by atoms with Crippen molar-refractivity contribution < 1.29 is 5.11 Å². The molecule has 0 bridgehead atoms. The second kappa shape index (κ2) is 7.75. The van der Waals surface area contributed by atoms with Crippen LogP contribution in [0.1, 0.15) is 29.7 Å². The second-order valence-electron chi connectivity index (χ2n) is 5.94. The monoisotopic (exact) mass is 332 g/mol. The second-order valence-corrected chi connectivity index (χ2v) is 7.14. The summed E-state index contributed by atoms with van der Waals surface area (Å²) in [5.41, 5.74) is 1.16. The van der Waals surface area contributed by atoms with Crippen molar-refractivity contribution in [2.45, 2.75) is 32.7 Å². The van der Waals surface area contributed by atoms with Crippen LogP contribution in [0.3, 0.4) is 0 Å². The maximum atomic E-state index is 9.21. The van der Waals surface area contributed by atoms with Gasteiger partial charge in [0.2, 0.25) is 0 Å². The Morgan fingerprint density at radius 1 is 1.26 bits per heavy atom. The van der Waals surface area contributed by atoms with E-state index in [9.17, 15) is 5.11 Å². The lowest BCUT2D eigenvalue weighted by molar-refractivity contribution is 0.203. The molecule has 1 aliphatic heterocycles. The summed E-state index contributed by atoms with van der Waals surface area (Å²) in [5.74, 6) is 1.36. The average Bonchev–Trinajstić information content (AvgIpc) is 3.09. The number of nitrogens with zero attached hydrogens (tertiary/aromatic N) is 3. The van der Waals surface area contributed by atoms with E-state index in [1.54, 1.807) is 11.3 Å². The third kappa shape index (κ3) is 4.20. The summed E-state index contributed by atoms with van der Waals surface area (Å²) < 4.78 is 0. The Labute approximate surface area is 141 Å². The number of pyridine rings is 1. The molecule has 0 saturated carbocycles. The molecule has 1 saturated heterocycles. The first kappa shape index (κ1) is 16.2. The van der Waals surface area contributed by atoms with Gasteiger partial charge in [0.05, 0.1) is 23.4 Å². The molecule has 23 heavy (non-hydrogen) atoms. The lowest BCUT2D eigenvalue weighted by atomic mass is 9.98. The van der Waals surface area contributed by atoms with Gasteiger partial charge in [0, 0.05) is 30.8 Å². The number of aromatic nitrogens is 2. The van der Waals surface area contributed by atoms with Gasteiger partial charge >= 0.3 is 0 Å². The van der Waals surface area contributed by atoms with Crippen LogP contribution in [-0.4, -0.2) is 34.8 Å². The molecule has 0 unspecified atom stereocenters. The molecule has 124 valence electrons. The number of nitrogens with one attached hydrogen (secondary N) is 1. The van der Waals surface area contributed by atoms with Gasteiger partial charge in [0.1, 0.15) is 5.82 Å². The number of hydrogen-bond donors (Lipinski definition) is 2. The normalized spacial score (nSPS) is 15.8. The zero-order valence-corrected chi connectivity index (χ0v) is 14.4. The highest BCUT2D eigenvalue weighted by Gasteiger charge is 2.18. The van der Waals surface area contributed by atoms with Gasteiger partial charge in [-0.25, -0.2) is 9.97 Å². The zero-order valence-electron chi connectivity index (χ0n) is 13.5. The maximum absolute atomic E-state index is 9.21. The van der Waals surface area contributed by atoms with Gasteiger partial charge in [0.15, 0.2) is 0 Å². The molecule has 6 heteroatoms. The van der Waals surface area contributed by atoms with E-state index in [-0.39, 0.29) is 0 Å². The van der Waals surface area contributed by atoms with Crippen molar-refractivity contribution in [3.8, 4) is 0 Å². The number of piperidine rings is 1. The van der Waals surface area contributed by atoms with E-state index in [0.29, 0.717) is 12.5 Å². The standard InChI is InChI=1S/C17H24N4OS/c1-2-17-20-11-15(23-17)10-19-16-4-3-14(9-18-16)21-7-5-13(12-22)6-8-21/h3-4,9,11,13,22H,2,5-8,10,12H2,1H3,(H,18,19). The van der Waals surface area contributed by atoms with Gasteiger partial charge in [-0.2, -0.15) is 0 Å². The number of hydrogen-bond acceptors (Lipinski definition) is 6. The number of rotatable bonds is 6. The highest BCUT2D eigenvalue weighted by molar-refractivity contribution is 7.11. The molecule has 1 aliphatic rings. The fourth-order valence-corrected chi connectivity index (χ4v) is 3.62. The predicted molar refractivity (Wildman–Crippen MR) is 95.1 cm³/mol. The number of thiazole rings is 1. The van der Waals surface area contributed by atoms with Crippen molar-refractivity contribution >= 4 is 22.8 Å². The van der Waals surface area contributed by atoms with E-state index in [0.717, 1.165) is 50.4 Å². The Morgan fingerprint density at radius 3 is 2.70 bits per heavy atom. The van der Waals surface area contributed by atoms with Crippen LogP contribution in [0, 0.1) is 5.92 Å². The smallest absolute Gasteiger partial charge is 0.126 e. The molecule has 3 rings (SSSR count). The van der Waals surface area contributed by atoms with Crippen LogP contribution in [0.5, 0.6) is 0 Å². The van der Waals surface area contributed by atoms with E-state index in [1.165, 1.54) is 9.88 Å². The SMILES string of the molecule is CCc1ncc(CNc2ccc(N3CCC(CO)CC3)cn2)s1. The van der Waals surface area contributed by atoms with E-state index in [2.05, 4.69) is 33.2 Å². The molecule has 2 aromatic rings. The minimum Gasteiger partial charge on any atom is -0.396 e. The Kier molecular flexibility index (Phi) is 5.46.